The van der Waals surface area contributed by atoms with Crippen molar-refractivity contribution < 1.29 is 19.1 Å². The van der Waals surface area contributed by atoms with Gasteiger partial charge in [0.1, 0.15) is 12.4 Å². The van der Waals surface area contributed by atoms with E-state index in [9.17, 15) is 9.59 Å². The molecule has 0 bridgehead atoms. The SMILES string of the molecule is O=C(COC(=O)CCc1cncc2ccccc12)COc1ccc(Cl)cc1. The molecular weight excluding hydrogens is 366 g/mol. The van der Waals surface area contributed by atoms with E-state index in [0.29, 0.717) is 17.2 Å². The van der Waals surface area contributed by atoms with E-state index in [4.69, 9.17) is 21.1 Å². The van der Waals surface area contributed by atoms with E-state index in [1.165, 1.54) is 0 Å². The topological polar surface area (TPSA) is 65.5 Å². The first-order valence-corrected chi connectivity index (χ1v) is 8.87. The Kier molecular flexibility index (Phi) is 6.39. The van der Waals surface area contributed by atoms with Gasteiger partial charge in [0.2, 0.25) is 5.78 Å². The lowest BCUT2D eigenvalue weighted by Crippen LogP contribution is -2.20. The van der Waals surface area contributed by atoms with Crippen molar-refractivity contribution in [1.82, 2.24) is 4.98 Å². The molecule has 0 fully saturated rings. The normalized spacial score (nSPS) is 10.6. The number of hydrogen-bond donors (Lipinski definition) is 0. The lowest BCUT2D eigenvalue weighted by molar-refractivity contribution is -0.148. The molecule has 0 spiro atoms. The standard InChI is InChI=1S/C21H18ClNO4/c22-17-6-8-19(9-7-17)26-13-18(24)14-27-21(25)10-5-16-12-23-11-15-3-1-2-4-20(15)16/h1-4,6-9,11-12H,5,10,13-14H2. The molecule has 0 saturated heterocycles. The lowest BCUT2D eigenvalue weighted by atomic mass is 10.0. The van der Waals surface area contributed by atoms with E-state index in [0.717, 1.165) is 16.3 Å². The van der Waals surface area contributed by atoms with Gasteiger partial charge in [-0.05, 0) is 41.6 Å². The highest BCUT2D eigenvalue weighted by Crippen LogP contribution is 2.18. The molecule has 0 unspecified atom stereocenters. The summed E-state index contributed by atoms with van der Waals surface area (Å²) in [5.74, 6) is -0.213. The average Bonchev–Trinajstić information content (AvgIpc) is 2.70. The largest absolute Gasteiger partial charge is 0.486 e. The van der Waals surface area contributed by atoms with Gasteiger partial charge in [-0.3, -0.25) is 14.6 Å². The molecule has 1 heterocycles. The molecule has 0 aliphatic carbocycles. The van der Waals surface area contributed by atoms with Crippen LogP contribution in [0.3, 0.4) is 0 Å². The second-order valence-electron chi connectivity index (χ2n) is 5.96. The summed E-state index contributed by atoms with van der Waals surface area (Å²) in [5.41, 5.74) is 0.974. The molecule has 0 N–H and O–H groups in total. The molecule has 3 rings (SSSR count). The van der Waals surface area contributed by atoms with Gasteiger partial charge in [-0.1, -0.05) is 35.9 Å². The Morgan fingerprint density at radius 1 is 0.963 bits per heavy atom. The van der Waals surface area contributed by atoms with Crippen LogP contribution in [0.25, 0.3) is 10.8 Å². The van der Waals surface area contributed by atoms with Gasteiger partial charge in [-0.2, -0.15) is 0 Å². The molecule has 5 nitrogen and oxygen atoms in total. The number of ketones is 1. The highest BCUT2D eigenvalue weighted by molar-refractivity contribution is 6.30. The van der Waals surface area contributed by atoms with Crippen molar-refractivity contribution in [3.05, 3.63) is 71.5 Å². The van der Waals surface area contributed by atoms with Crippen LogP contribution in [-0.4, -0.2) is 30.0 Å². The predicted molar refractivity (Wildman–Crippen MR) is 103 cm³/mol. The molecule has 1 aromatic heterocycles. The van der Waals surface area contributed by atoms with E-state index in [-0.39, 0.29) is 25.4 Å². The molecule has 6 heteroatoms. The van der Waals surface area contributed by atoms with E-state index in [1.54, 1.807) is 36.7 Å². The maximum absolute atomic E-state index is 11.9. The highest BCUT2D eigenvalue weighted by atomic mass is 35.5. The van der Waals surface area contributed by atoms with Crippen LogP contribution in [0.4, 0.5) is 0 Å². The molecular formula is C21H18ClNO4. The monoisotopic (exact) mass is 383 g/mol. The van der Waals surface area contributed by atoms with Crippen LogP contribution >= 0.6 is 11.6 Å². The molecule has 27 heavy (non-hydrogen) atoms. The van der Waals surface area contributed by atoms with Crippen LogP contribution in [-0.2, 0) is 20.7 Å². The number of fused-ring (bicyclic) bond motifs is 1. The first kappa shape index (κ1) is 18.9. The van der Waals surface area contributed by atoms with E-state index in [2.05, 4.69) is 4.98 Å². The fourth-order valence-corrected chi connectivity index (χ4v) is 2.71. The number of hydrogen-bond acceptors (Lipinski definition) is 5. The third-order valence-corrected chi connectivity index (χ3v) is 4.21. The molecule has 0 saturated carbocycles. The Hall–Kier alpha value is -2.92. The van der Waals surface area contributed by atoms with Gasteiger partial charge in [0.15, 0.2) is 6.61 Å². The Balaban J connectivity index is 1.42. The van der Waals surface area contributed by atoms with Crippen LogP contribution in [0.15, 0.2) is 60.9 Å². The van der Waals surface area contributed by atoms with Crippen LogP contribution < -0.4 is 4.74 Å². The van der Waals surface area contributed by atoms with Gasteiger partial charge in [-0.15, -0.1) is 0 Å². The summed E-state index contributed by atoms with van der Waals surface area (Å²) in [7, 11) is 0. The number of carbonyl (C=O) groups excluding carboxylic acids is 2. The Morgan fingerprint density at radius 2 is 1.74 bits per heavy atom. The minimum atomic E-state index is -0.428. The summed E-state index contributed by atoms with van der Waals surface area (Å²) >= 11 is 5.78. The summed E-state index contributed by atoms with van der Waals surface area (Å²) in [4.78, 5) is 27.9. The zero-order valence-electron chi connectivity index (χ0n) is 14.6. The molecule has 3 aromatic rings. The third-order valence-electron chi connectivity index (χ3n) is 3.96. The van der Waals surface area contributed by atoms with Crippen molar-refractivity contribution in [3.63, 3.8) is 0 Å². The second kappa shape index (κ2) is 9.14. The van der Waals surface area contributed by atoms with E-state index in [1.807, 2.05) is 24.3 Å². The average molecular weight is 384 g/mol. The summed E-state index contributed by atoms with van der Waals surface area (Å²) < 4.78 is 10.4. The highest BCUT2D eigenvalue weighted by Gasteiger charge is 2.10. The van der Waals surface area contributed by atoms with Crippen LogP contribution in [0.1, 0.15) is 12.0 Å². The van der Waals surface area contributed by atoms with Crippen LogP contribution in [0.5, 0.6) is 5.75 Å². The minimum Gasteiger partial charge on any atom is -0.486 e. The molecule has 0 radical (unpaired) electrons. The number of aryl methyl sites for hydroxylation is 1. The Morgan fingerprint density at radius 3 is 2.56 bits per heavy atom. The van der Waals surface area contributed by atoms with Crippen LogP contribution in [0, 0.1) is 0 Å². The first-order valence-electron chi connectivity index (χ1n) is 8.49. The van der Waals surface area contributed by atoms with Gasteiger partial charge < -0.3 is 9.47 Å². The van der Waals surface area contributed by atoms with Crippen molar-refractivity contribution in [1.29, 1.82) is 0 Å². The quantitative estimate of drug-likeness (QED) is 0.550. The summed E-state index contributed by atoms with van der Waals surface area (Å²) in [6.45, 7) is -0.470. The van der Waals surface area contributed by atoms with Gasteiger partial charge in [-0.25, -0.2) is 0 Å². The number of halogens is 1. The second-order valence-corrected chi connectivity index (χ2v) is 6.40. The minimum absolute atomic E-state index is 0.165. The first-order chi connectivity index (χ1) is 13.1. The fourth-order valence-electron chi connectivity index (χ4n) is 2.58. The number of benzene rings is 2. The van der Waals surface area contributed by atoms with Gasteiger partial charge >= 0.3 is 5.97 Å². The summed E-state index contributed by atoms with van der Waals surface area (Å²) in [5, 5.41) is 2.68. The van der Waals surface area contributed by atoms with Crippen molar-refractivity contribution >= 4 is 34.1 Å². The maximum Gasteiger partial charge on any atom is 0.306 e. The van der Waals surface area contributed by atoms with Gasteiger partial charge in [0, 0.05) is 29.2 Å². The number of esters is 1. The number of nitrogens with zero attached hydrogens (tertiary/aromatic N) is 1. The molecule has 0 atom stereocenters. The predicted octanol–water partition coefficient (Wildman–Crippen LogP) is 4.01. The Labute approximate surface area is 161 Å². The van der Waals surface area contributed by atoms with Crippen LogP contribution in [0.2, 0.25) is 5.02 Å². The number of aromatic nitrogens is 1. The zero-order chi connectivity index (χ0) is 19.1. The van der Waals surface area contributed by atoms with E-state index >= 15 is 0 Å². The Bertz CT molecular complexity index is 935. The molecule has 0 amide bonds. The van der Waals surface area contributed by atoms with Crippen molar-refractivity contribution in [2.45, 2.75) is 12.8 Å². The molecule has 0 aliphatic heterocycles. The summed E-state index contributed by atoms with van der Waals surface area (Å²) in [6, 6.07) is 14.5. The number of pyridine rings is 1. The van der Waals surface area contributed by atoms with Crippen molar-refractivity contribution in [2.24, 2.45) is 0 Å². The van der Waals surface area contributed by atoms with Crippen molar-refractivity contribution in [3.8, 4) is 5.75 Å². The maximum atomic E-state index is 11.9. The number of carbonyl (C=O) groups is 2. The number of rotatable bonds is 8. The summed E-state index contributed by atoms with van der Waals surface area (Å²) in [6.07, 6.45) is 4.22. The number of Topliss-reactive ketones (excluding diaryl/α,β-unsaturated/α-hetero) is 1. The third kappa shape index (κ3) is 5.53. The zero-order valence-corrected chi connectivity index (χ0v) is 15.3. The molecule has 2 aromatic carbocycles. The fraction of sp³-hybridized carbons (Fsp3) is 0.190. The smallest absolute Gasteiger partial charge is 0.306 e. The van der Waals surface area contributed by atoms with Gasteiger partial charge in [0.05, 0.1) is 0 Å². The lowest BCUT2D eigenvalue weighted by Gasteiger charge is -2.08. The number of ether oxygens (including phenoxy) is 2. The van der Waals surface area contributed by atoms with Gasteiger partial charge in [0.25, 0.3) is 0 Å². The van der Waals surface area contributed by atoms with E-state index < -0.39 is 5.97 Å². The molecule has 138 valence electrons. The van der Waals surface area contributed by atoms with Crippen molar-refractivity contribution in [2.75, 3.05) is 13.2 Å². The molecule has 0 aliphatic rings.